The molecule has 1 amide bonds. The highest BCUT2D eigenvalue weighted by Crippen LogP contribution is 2.71. The molecule has 3 rings (SSSR count). The van der Waals surface area contributed by atoms with Crippen LogP contribution in [0.2, 0.25) is 0 Å². The maximum atomic E-state index is 13.2. The van der Waals surface area contributed by atoms with E-state index in [-0.39, 0.29) is 16.7 Å². The van der Waals surface area contributed by atoms with Gasteiger partial charge in [0.2, 0.25) is 5.91 Å². The highest BCUT2D eigenvalue weighted by atomic mass is 16.4. The molecule has 25 heavy (non-hydrogen) atoms. The van der Waals surface area contributed by atoms with Crippen molar-refractivity contribution >= 4 is 17.3 Å². The Morgan fingerprint density at radius 2 is 1.88 bits per heavy atom. The molecule has 4 nitrogen and oxygen atoms in total. The first-order valence-electron chi connectivity index (χ1n) is 9.42. The number of anilines is 1. The van der Waals surface area contributed by atoms with E-state index in [1.165, 1.54) is 18.4 Å². The summed E-state index contributed by atoms with van der Waals surface area (Å²) in [7, 11) is 0. The van der Waals surface area contributed by atoms with E-state index < -0.39 is 5.41 Å². The van der Waals surface area contributed by atoms with Crippen LogP contribution < -0.4 is 5.32 Å². The van der Waals surface area contributed by atoms with Crippen LogP contribution >= 0.6 is 0 Å². The van der Waals surface area contributed by atoms with Crippen LogP contribution in [0.5, 0.6) is 0 Å². The Morgan fingerprint density at radius 3 is 2.44 bits per heavy atom. The summed E-state index contributed by atoms with van der Waals surface area (Å²) in [5.41, 5.74) is 1.99. The van der Waals surface area contributed by atoms with Crippen molar-refractivity contribution in [1.82, 2.24) is 0 Å². The van der Waals surface area contributed by atoms with Crippen molar-refractivity contribution < 1.29 is 10.0 Å². The molecular weight excluding hydrogens is 312 g/mol. The van der Waals surface area contributed by atoms with Gasteiger partial charge in [-0.1, -0.05) is 51.4 Å². The Balaban J connectivity index is 1.79. The molecule has 0 aromatic heterocycles. The van der Waals surface area contributed by atoms with E-state index in [0.717, 1.165) is 30.7 Å². The fourth-order valence-corrected chi connectivity index (χ4v) is 4.92. The van der Waals surface area contributed by atoms with Crippen molar-refractivity contribution in [1.29, 1.82) is 0 Å². The lowest BCUT2D eigenvalue weighted by Gasteiger charge is -2.39. The molecule has 2 bridgehead atoms. The lowest BCUT2D eigenvalue weighted by molar-refractivity contribution is -0.130. The molecule has 0 aliphatic heterocycles. The number of amides is 1. The number of carbonyl (C=O) groups excluding carboxylic acids is 1. The molecule has 0 saturated heterocycles. The number of fused-ring (bicyclic) bond motifs is 2. The molecular formula is C21H30N2O2. The van der Waals surface area contributed by atoms with Crippen LogP contribution in [-0.4, -0.2) is 16.8 Å². The molecule has 2 fully saturated rings. The molecule has 2 atom stereocenters. The SMILES string of the molecule is CCCCc1ccc(NC(=O)C23CCC(C)(/C(=N/O)C2)C3(C)C)cc1. The lowest BCUT2D eigenvalue weighted by Crippen LogP contribution is -2.43. The minimum absolute atomic E-state index is 0.0567. The Bertz CT molecular complexity index is 692. The zero-order valence-corrected chi connectivity index (χ0v) is 15.9. The van der Waals surface area contributed by atoms with Gasteiger partial charge in [-0.05, 0) is 48.8 Å². The summed E-state index contributed by atoms with van der Waals surface area (Å²) < 4.78 is 0. The van der Waals surface area contributed by atoms with Crippen molar-refractivity contribution in [2.75, 3.05) is 5.32 Å². The van der Waals surface area contributed by atoms with Gasteiger partial charge >= 0.3 is 0 Å². The molecule has 1 aromatic carbocycles. The van der Waals surface area contributed by atoms with Crippen LogP contribution in [0, 0.1) is 16.2 Å². The first-order chi connectivity index (χ1) is 11.8. The summed E-state index contributed by atoms with van der Waals surface area (Å²) in [5.74, 6) is 0.0567. The Kier molecular flexibility index (Phi) is 4.42. The van der Waals surface area contributed by atoms with E-state index in [0.29, 0.717) is 6.42 Å². The van der Waals surface area contributed by atoms with Crippen LogP contribution in [0.1, 0.15) is 65.4 Å². The number of hydrogen-bond acceptors (Lipinski definition) is 3. The van der Waals surface area contributed by atoms with Gasteiger partial charge in [0.05, 0.1) is 11.1 Å². The third-order valence-electron chi connectivity index (χ3n) is 7.32. The van der Waals surface area contributed by atoms with Crippen molar-refractivity contribution in [3.63, 3.8) is 0 Å². The third kappa shape index (κ3) is 2.49. The molecule has 0 spiro atoms. The molecule has 136 valence electrons. The molecule has 2 aliphatic carbocycles. The van der Waals surface area contributed by atoms with E-state index in [1.807, 2.05) is 12.1 Å². The Morgan fingerprint density at radius 1 is 1.20 bits per heavy atom. The highest BCUT2D eigenvalue weighted by molar-refractivity contribution is 6.06. The van der Waals surface area contributed by atoms with Crippen LogP contribution in [0.25, 0.3) is 0 Å². The van der Waals surface area contributed by atoms with E-state index in [9.17, 15) is 10.0 Å². The quantitative estimate of drug-likeness (QED) is 0.583. The number of aryl methyl sites for hydroxylation is 1. The predicted molar refractivity (Wildman–Crippen MR) is 101 cm³/mol. The molecule has 2 aliphatic rings. The largest absolute Gasteiger partial charge is 0.411 e. The van der Waals surface area contributed by atoms with Gasteiger partial charge in [0, 0.05) is 17.5 Å². The molecule has 0 radical (unpaired) electrons. The van der Waals surface area contributed by atoms with E-state index in [2.05, 4.69) is 50.3 Å². The molecule has 2 N–H and O–H groups in total. The maximum Gasteiger partial charge on any atom is 0.231 e. The molecule has 0 heterocycles. The van der Waals surface area contributed by atoms with E-state index in [4.69, 9.17) is 0 Å². The standard InChI is InChI=1S/C21H30N2O2/c1-5-6-7-15-8-10-16(11-9-15)22-18(24)21-13-12-20(4,19(21,2)3)17(14-21)23-25/h8-11,25H,5-7,12-14H2,1-4H3,(H,22,24)/b23-17+. The number of benzene rings is 1. The fraction of sp³-hybridized carbons (Fsp3) is 0.619. The summed E-state index contributed by atoms with van der Waals surface area (Å²) in [5, 5.41) is 16.1. The summed E-state index contributed by atoms with van der Waals surface area (Å²) in [6.07, 6.45) is 5.73. The summed E-state index contributed by atoms with van der Waals surface area (Å²) in [4.78, 5) is 13.2. The normalized spacial score (nSPS) is 31.4. The van der Waals surface area contributed by atoms with Gasteiger partial charge in [-0.25, -0.2) is 0 Å². The van der Waals surface area contributed by atoms with Gasteiger partial charge in [-0.15, -0.1) is 0 Å². The average Bonchev–Trinajstić information content (AvgIpc) is 2.91. The van der Waals surface area contributed by atoms with Gasteiger partial charge < -0.3 is 10.5 Å². The number of unbranched alkanes of at least 4 members (excludes halogenated alkanes) is 1. The number of rotatable bonds is 5. The summed E-state index contributed by atoms with van der Waals surface area (Å²) in [6.45, 7) is 8.61. The minimum atomic E-state index is -0.496. The summed E-state index contributed by atoms with van der Waals surface area (Å²) in [6, 6.07) is 8.19. The monoisotopic (exact) mass is 342 g/mol. The number of carbonyl (C=O) groups is 1. The Hall–Kier alpha value is -1.84. The highest BCUT2D eigenvalue weighted by Gasteiger charge is 2.71. The number of nitrogens with zero attached hydrogens (tertiary/aromatic N) is 1. The van der Waals surface area contributed by atoms with Crippen LogP contribution in [0.15, 0.2) is 29.4 Å². The smallest absolute Gasteiger partial charge is 0.231 e. The number of oxime groups is 1. The van der Waals surface area contributed by atoms with Crippen molar-refractivity contribution in [3.05, 3.63) is 29.8 Å². The Labute approximate surface area is 150 Å². The van der Waals surface area contributed by atoms with Crippen molar-refractivity contribution in [2.24, 2.45) is 21.4 Å². The predicted octanol–water partition coefficient (Wildman–Crippen LogP) is 5.01. The lowest BCUT2D eigenvalue weighted by atomic mass is 9.64. The van der Waals surface area contributed by atoms with E-state index >= 15 is 0 Å². The van der Waals surface area contributed by atoms with Gasteiger partial charge in [0.1, 0.15) is 0 Å². The van der Waals surface area contributed by atoms with Gasteiger partial charge in [-0.2, -0.15) is 0 Å². The van der Waals surface area contributed by atoms with E-state index in [1.54, 1.807) is 0 Å². The van der Waals surface area contributed by atoms with Crippen LogP contribution in [0.3, 0.4) is 0 Å². The van der Waals surface area contributed by atoms with Gasteiger partial charge in [0.15, 0.2) is 0 Å². The molecule has 2 unspecified atom stereocenters. The zero-order valence-electron chi connectivity index (χ0n) is 15.9. The molecule has 4 heteroatoms. The minimum Gasteiger partial charge on any atom is -0.411 e. The second kappa shape index (κ2) is 6.15. The molecule has 2 saturated carbocycles. The second-order valence-electron chi connectivity index (χ2n) is 8.52. The zero-order chi connectivity index (χ0) is 18.3. The topological polar surface area (TPSA) is 61.7 Å². The first kappa shape index (κ1) is 18.0. The third-order valence-corrected chi connectivity index (χ3v) is 7.32. The summed E-state index contributed by atoms with van der Waals surface area (Å²) >= 11 is 0. The van der Waals surface area contributed by atoms with Crippen LogP contribution in [-0.2, 0) is 11.2 Å². The maximum absolute atomic E-state index is 13.2. The average molecular weight is 342 g/mol. The van der Waals surface area contributed by atoms with Crippen molar-refractivity contribution in [3.8, 4) is 0 Å². The fourth-order valence-electron chi connectivity index (χ4n) is 4.92. The number of hydrogen-bond donors (Lipinski definition) is 2. The molecule has 1 aromatic rings. The van der Waals surface area contributed by atoms with Crippen molar-refractivity contribution in [2.45, 2.75) is 66.2 Å². The number of nitrogens with one attached hydrogen (secondary N) is 1. The van der Waals surface area contributed by atoms with Gasteiger partial charge in [0.25, 0.3) is 0 Å². The van der Waals surface area contributed by atoms with Crippen LogP contribution in [0.4, 0.5) is 5.69 Å². The second-order valence-corrected chi connectivity index (χ2v) is 8.52. The first-order valence-corrected chi connectivity index (χ1v) is 9.42. The van der Waals surface area contributed by atoms with Gasteiger partial charge in [-0.3, -0.25) is 4.79 Å².